The van der Waals surface area contributed by atoms with Crippen molar-refractivity contribution in [2.45, 2.75) is 18.7 Å². The van der Waals surface area contributed by atoms with E-state index in [1.54, 1.807) is 32.2 Å². The summed E-state index contributed by atoms with van der Waals surface area (Å²) < 4.78 is 37.7. The summed E-state index contributed by atoms with van der Waals surface area (Å²) in [5.41, 5.74) is 1.33. The molecule has 3 aromatic rings. The number of anilines is 3. The molecule has 0 spiro atoms. The van der Waals surface area contributed by atoms with Gasteiger partial charge in [0.15, 0.2) is 15.5 Å². The maximum absolute atomic E-state index is 14.2. The highest BCUT2D eigenvalue weighted by atomic mass is 32.2. The molecule has 2 N–H and O–H groups in total. The molecule has 0 bridgehead atoms. The van der Waals surface area contributed by atoms with Gasteiger partial charge in [-0.3, -0.25) is 9.78 Å². The van der Waals surface area contributed by atoms with E-state index in [4.69, 9.17) is 0 Å². The number of benzene rings is 1. The Hall–Kier alpha value is -2.85. The maximum atomic E-state index is 14.2. The van der Waals surface area contributed by atoms with Gasteiger partial charge in [-0.25, -0.2) is 17.8 Å². The molecule has 0 saturated heterocycles. The monoisotopic (exact) mass is 420 g/mol. The molecule has 2 heterocycles. The lowest BCUT2D eigenvalue weighted by atomic mass is 10.3. The van der Waals surface area contributed by atoms with Crippen LogP contribution in [0.1, 0.15) is 21.2 Å². The fourth-order valence-electron chi connectivity index (χ4n) is 2.43. The molecule has 0 unspecified atom stereocenters. The first kappa shape index (κ1) is 19.9. The summed E-state index contributed by atoms with van der Waals surface area (Å²) in [4.78, 5) is 20.9. The van der Waals surface area contributed by atoms with Crippen molar-refractivity contribution in [1.82, 2.24) is 9.97 Å². The Kier molecular flexibility index (Phi) is 5.43. The van der Waals surface area contributed by atoms with Crippen molar-refractivity contribution in [2.24, 2.45) is 0 Å². The van der Waals surface area contributed by atoms with E-state index in [0.29, 0.717) is 15.7 Å². The number of aromatic nitrogens is 2. The van der Waals surface area contributed by atoms with Crippen LogP contribution in [-0.2, 0) is 9.84 Å². The van der Waals surface area contributed by atoms with E-state index in [1.165, 1.54) is 12.1 Å². The Bertz CT molecular complexity index is 1160. The zero-order valence-electron chi connectivity index (χ0n) is 15.3. The van der Waals surface area contributed by atoms with Crippen molar-refractivity contribution in [2.75, 3.05) is 16.9 Å². The van der Waals surface area contributed by atoms with Crippen LogP contribution in [-0.4, -0.2) is 30.5 Å². The normalized spacial score (nSPS) is 11.3. The van der Waals surface area contributed by atoms with Crippen molar-refractivity contribution < 1.29 is 17.6 Å². The van der Waals surface area contributed by atoms with E-state index in [2.05, 4.69) is 20.6 Å². The number of hydrogen-bond acceptors (Lipinski definition) is 7. The lowest BCUT2D eigenvalue weighted by Crippen LogP contribution is -2.14. The van der Waals surface area contributed by atoms with Crippen molar-refractivity contribution >= 4 is 43.5 Å². The van der Waals surface area contributed by atoms with Gasteiger partial charge in [-0.05, 0) is 44.2 Å². The summed E-state index contributed by atoms with van der Waals surface area (Å²) in [6.07, 6.45) is 2.61. The van der Waals surface area contributed by atoms with E-state index in [1.807, 2.05) is 0 Å². The van der Waals surface area contributed by atoms with E-state index in [-0.39, 0.29) is 16.3 Å². The smallest absolute Gasteiger partial charge is 0.277 e. The molecule has 3 rings (SSSR count). The van der Waals surface area contributed by atoms with E-state index < -0.39 is 21.6 Å². The van der Waals surface area contributed by atoms with Gasteiger partial charge < -0.3 is 10.6 Å². The molecule has 0 aliphatic carbocycles. The molecular weight excluding hydrogens is 403 g/mol. The van der Waals surface area contributed by atoms with Crippen molar-refractivity contribution in [3.63, 3.8) is 0 Å². The van der Waals surface area contributed by atoms with Gasteiger partial charge in [0.05, 0.1) is 15.6 Å². The molecule has 1 aromatic carbocycles. The molecule has 7 nitrogen and oxygen atoms in total. The lowest BCUT2D eigenvalue weighted by molar-refractivity contribution is 0.102. The molecule has 0 fully saturated rings. The second-order valence-electron chi connectivity index (χ2n) is 6.09. The predicted octanol–water partition coefficient (Wildman–Crippen LogP) is 3.69. The Balaban J connectivity index is 1.92. The van der Waals surface area contributed by atoms with Gasteiger partial charge in [-0.1, -0.05) is 0 Å². The fraction of sp³-hybridized carbons (Fsp3) is 0.167. The number of sulfone groups is 1. The predicted molar refractivity (Wildman–Crippen MR) is 107 cm³/mol. The second-order valence-corrected chi connectivity index (χ2v) is 9.31. The van der Waals surface area contributed by atoms with Gasteiger partial charge in [0.1, 0.15) is 10.8 Å². The molecule has 28 heavy (non-hydrogen) atoms. The third-order valence-corrected chi connectivity index (χ3v) is 5.71. The van der Waals surface area contributed by atoms with Gasteiger partial charge in [0, 0.05) is 23.8 Å². The quantitative estimate of drug-likeness (QED) is 0.611. The minimum absolute atomic E-state index is 0.0316. The number of thiazole rings is 1. The number of aryl methyl sites for hydroxylation is 2. The third kappa shape index (κ3) is 4.52. The van der Waals surface area contributed by atoms with Gasteiger partial charge in [0.25, 0.3) is 5.91 Å². The summed E-state index contributed by atoms with van der Waals surface area (Å²) in [7, 11) is -3.50. The van der Waals surface area contributed by atoms with Crippen LogP contribution in [0.25, 0.3) is 0 Å². The molecule has 146 valence electrons. The van der Waals surface area contributed by atoms with Gasteiger partial charge in [-0.15, -0.1) is 11.3 Å². The minimum atomic E-state index is -3.50. The zero-order valence-corrected chi connectivity index (χ0v) is 16.9. The number of nitrogens with zero attached hydrogens (tertiary/aromatic N) is 2. The van der Waals surface area contributed by atoms with Crippen molar-refractivity contribution in [3.8, 4) is 0 Å². The highest BCUT2D eigenvalue weighted by Gasteiger charge is 2.19. The first-order chi connectivity index (χ1) is 13.1. The zero-order chi connectivity index (χ0) is 20.5. The first-order valence-corrected chi connectivity index (χ1v) is 10.8. The maximum Gasteiger partial charge on any atom is 0.277 e. The van der Waals surface area contributed by atoms with E-state index >= 15 is 0 Å². The number of hydrogen-bond donors (Lipinski definition) is 2. The number of pyridine rings is 1. The molecule has 0 aliphatic heterocycles. The summed E-state index contributed by atoms with van der Waals surface area (Å²) in [6, 6.07) is 6.79. The van der Waals surface area contributed by atoms with Crippen molar-refractivity contribution in [1.29, 1.82) is 0 Å². The number of carbonyl (C=O) groups excluding carboxylic acids is 1. The van der Waals surface area contributed by atoms with Gasteiger partial charge >= 0.3 is 0 Å². The van der Waals surface area contributed by atoms with Crippen LogP contribution in [0.2, 0.25) is 0 Å². The van der Waals surface area contributed by atoms with Crippen LogP contribution in [0, 0.1) is 19.7 Å². The van der Waals surface area contributed by atoms with Crippen LogP contribution in [0.5, 0.6) is 0 Å². The van der Waals surface area contributed by atoms with Crippen LogP contribution >= 0.6 is 11.3 Å². The fourth-order valence-corrected chi connectivity index (χ4v) is 3.91. The summed E-state index contributed by atoms with van der Waals surface area (Å²) in [6.45, 7) is 3.51. The molecule has 0 atom stereocenters. The molecule has 0 radical (unpaired) electrons. The second kappa shape index (κ2) is 7.64. The third-order valence-electron chi connectivity index (χ3n) is 3.72. The number of carbonyl (C=O) groups is 1. The standard InChI is InChI=1S/C18H17FN4O3S2/c1-10-8-12(6-7-20-10)22-17(24)16-18(27-11(2)21-16)23-15-9-13(28(3,25)26)4-5-14(15)19/h4-9,23H,1-3H3,(H,20,22,24). The molecule has 0 aliphatic rings. The van der Waals surface area contributed by atoms with Crippen LogP contribution in [0.3, 0.4) is 0 Å². The topological polar surface area (TPSA) is 101 Å². The highest BCUT2D eigenvalue weighted by molar-refractivity contribution is 7.90. The molecule has 10 heteroatoms. The summed E-state index contributed by atoms with van der Waals surface area (Å²) in [5.74, 6) is -1.12. The first-order valence-electron chi connectivity index (χ1n) is 8.11. The van der Waals surface area contributed by atoms with E-state index in [0.717, 1.165) is 29.4 Å². The highest BCUT2D eigenvalue weighted by Crippen LogP contribution is 2.31. The molecule has 0 saturated carbocycles. The van der Waals surface area contributed by atoms with Gasteiger partial charge in [-0.2, -0.15) is 0 Å². The summed E-state index contributed by atoms with van der Waals surface area (Å²) >= 11 is 1.16. The van der Waals surface area contributed by atoms with Crippen molar-refractivity contribution in [3.05, 3.63) is 58.7 Å². The molecule has 1 amide bonds. The largest absolute Gasteiger partial charge is 0.343 e. The molecule has 2 aromatic heterocycles. The average Bonchev–Trinajstić information content (AvgIpc) is 2.96. The SMILES string of the molecule is Cc1cc(NC(=O)c2nc(C)sc2Nc2cc(S(C)(=O)=O)ccc2F)ccn1. The van der Waals surface area contributed by atoms with Crippen LogP contribution in [0.4, 0.5) is 20.8 Å². The number of nitrogens with one attached hydrogen (secondary N) is 2. The number of halogens is 1. The number of rotatable bonds is 5. The molecular formula is C18H17FN4O3S2. The Labute approximate surface area is 165 Å². The lowest BCUT2D eigenvalue weighted by Gasteiger charge is -2.09. The average molecular weight is 420 g/mol. The van der Waals surface area contributed by atoms with Crippen LogP contribution < -0.4 is 10.6 Å². The Morgan fingerprint density at radius 3 is 2.61 bits per heavy atom. The Morgan fingerprint density at radius 1 is 1.18 bits per heavy atom. The van der Waals surface area contributed by atoms with Gasteiger partial charge in [0.2, 0.25) is 0 Å². The minimum Gasteiger partial charge on any atom is -0.343 e. The Morgan fingerprint density at radius 2 is 1.93 bits per heavy atom. The van der Waals surface area contributed by atoms with E-state index in [9.17, 15) is 17.6 Å². The summed E-state index contributed by atoms with van der Waals surface area (Å²) in [5, 5.41) is 6.43. The number of amides is 1. The van der Waals surface area contributed by atoms with Crippen LogP contribution in [0.15, 0.2) is 41.4 Å².